The zero-order chi connectivity index (χ0) is 16.1. The third kappa shape index (κ3) is 3.79. The number of carbonyl (C=O) groups is 1. The molecule has 118 valence electrons. The third-order valence-corrected chi connectivity index (χ3v) is 3.21. The van der Waals surface area contributed by atoms with E-state index < -0.39 is 6.10 Å². The van der Waals surface area contributed by atoms with Gasteiger partial charge in [0, 0.05) is 0 Å². The quantitative estimate of drug-likeness (QED) is 0.679. The Morgan fingerprint density at radius 3 is 2.83 bits per heavy atom. The van der Waals surface area contributed by atoms with E-state index in [2.05, 4.69) is 10.5 Å². The van der Waals surface area contributed by atoms with Gasteiger partial charge in [-0.1, -0.05) is 18.2 Å². The van der Waals surface area contributed by atoms with Crippen LogP contribution in [0.1, 0.15) is 12.5 Å². The Kier molecular flexibility index (Phi) is 4.42. The predicted molar refractivity (Wildman–Crippen MR) is 84.8 cm³/mol. The molecule has 1 amide bonds. The Morgan fingerprint density at radius 2 is 2.00 bits per heavy atom. The summed E-state index contributed by atoms with van der Waals surface area (Å²) in [5.41, 5.74) is 3.25. The standard InChI is InChI=1S/C17H16N2O4/c1-12(23-14-5-3-2-4-6-14)17(20)19-18-10-13-7-8-15-16(9-13)22-11-21-15/h2-10,12H,11H2,1H3,(H,19,20)/t12-/m1/s1. The van der Waals surface area contributed by atoms with Gasteiger partial charge < -0.3 is 14.2 Å². The summed E-state index contributed by atoms with van der Waals surface area (Å²) in [5, 5.41) is 3.93. The van der Waals surface area contributed by atoms with Gasteiger partial charge in [-0.3, -0.25) is 4.79 Å². The summed E-state index contributed by atoms with van der Waals surface area (Å²) in [7, 11) is 0. The lowest BCUT2D eigenvalue weighted by Gasteiger charge is -2.12. The SMILES string of the molecule is C[C@@H](Oc1ccccc1)C(=O)NN=Cc1ccc2c(c1)OCO2. The van der Waals surface area contributed by atoms with Crippen LogP contribution in [0.2, 0.25) is 0 Å². The second-order valence-corrected chi connectivity index (χ2v) is 4.92. The van der Waals surface area contributed by atoms with Crippen molar-refractivity contribution in [3.8, 4) is 17.2 Å². The first-order valence-electron chi connectivity index (χ1n) is 7.16. The summed E-state index contributed by atoms with van der Waals surface area (Å²) >= 11 is 0. The van der Waals surface area contributed by atoms with E-state index in [1.807, 2.05) is 24.3 Å². The fraction of sp³-hybridized carbons (Fsp3) is 0.176. The molecule has 0 aromatic heterocycles. The summed E-state index contributed by atoms with van der Waals surface area (Å²) in [6, 6.07) is 14.6. The molecule has 1 aliphatic rings. The molecular formula is C17H16N2O4. The van der Waals surface area contributed by atoms with E-state index in [1.54, 1.807) is 31.2 Å². The highest BCUT2D eigenvalue weighted by molar-refractivity contribution is 5.85. The molecule has 3 rings (SSSR count). The summed E-state index contributed by atoms with van der Waals surface area (Å²) in [4.78, 5) is 11.9. The second-order valence-electron chi connectivity index (χ2n) is 4.92. The number of hydrazone groups is 1. The van der Waals surface area contributed by atoms with E-state index in [4.69, 9.17) is 14.2 Å². The predicted octanol–water partition coefficient (Wildman–Crippen LogP) is 2.33. The average Bonchev–Trinajstić information content (AvgIpc) is 3.03. The lowest BCUT2D eigenvalue weighted by molar-refractivity contribution is -0.127. The number of rotatable bonds is 5. The van der Waals surface area contributed by atoms with Crippen molar-refractivity contribution in [3.05, 3.63) is 54.1 Å². The molecule has 6 heteroatoms. The first-order valence-corrected chi connectivity index (χ1v) is 7.16. The Morgan fingerprint density at radius 1 is 1.22 bits per heavy atom. The average molecular weight is 312 g/mol. The molecule has 0 unspecified atom stereocenters. The number of hydrogen-bond donors (Lipinski definition) is 1. The molecule has 2 aromatic carbocycles. The van der Waals surface area contributed by atoms with Crippen molar-refractivity contribution in [1.29, 1.82) is 0 Å². The van der Waals surface area contributed by atoms with Crippen LogP contribution < -0.4 is 19.6 Å². The van der Waals surface area contributed by atoms with Crippen LogP contribution in [-0.2, 0) is 4.79 Å². The van der Waals surface area contributed by atoms with E-state index in [0.29, 0.717) is 17.2 Å². The Balaban J connectivity index is 1.54. The topological polar surface area (TPSA) is 69.2 Å². The van der Waals surface area contributed by atoms with E-state index in [9.17, 15) is 4.79 Å². The number of para-hydroxylation sites is 1. The van der Waals surface area contributed by atoms with Crippen LogP contribution in [0, 0.1) is 0 Å². The number of carbonyl (C=O) groups excluding carboxylic acids is 1. The maximum atomic E-state index is 11.9. The number of hydrogen-bond acceptors (Lipinski definition) is 5. The molecule has 1 atom stereocenters. The molecule has 1 heterocycles. The molecule has 0 saturated carbocycles. The van der Waals surface area contributed by atoms with Crippen molar-refractivity contribution in [1.82, 2.24) is 5.43 Å². The molecule has 0 radical (unpaired) electrons. The van der Waals surface area contributed by atoms with Crippen molar-refractivity contribution in [2.24, 2.45) is 5.10 Å². The number of amides is 1. The van der Waals surface area contributed by atoms with E-state index in [0.717, 1.165) is 5.56 Å². The van der Waals surface area contributed by atoms with Gasteiger partial charge >= 0.3 is 0 Å². The van der Waals surface area contributed by atoms with Gasteiger partial charge in [-0.15, -0.1) is 0 Å². The number of benzene rings is 2. The second kappa shape index (κ2) is 6.83. The van der Waals surface area contributed by atoms with Gasteiger partial charge in [0.1, 0.15) is 5.75 Å². The number of ether oxygens (including phenoxy) is 3. The fourth-order valence-electron chi connectivity index (χ4n) is 2.01. The molecule has 0 aliphatic carbocycles. The number of nitrogens with zero attached hydrogens (tertiary/aromatic N) is 1. The maximum Gasteiger partial charge on any atom is 0.280 e. The van der Waals surface area contributed by atoms with Gasteiger partial charge in [0.15, 0.2) is 17.6 Å². The Labute approximate surface area is 133 Å². The maximum absolute atomic E-state index is 11.9. The summed E-state index contributed by atoms with van der Waals surface area (Å²) in [5.74, 6) is 1.68. The van der Waals surface area contributed by atoms with Crippen molar-refractivity contribution < 1.29 is 19.0 Å². The van der Waals surface area contributed by atoms with Gasteiger partial charge in [0.2, 0.25) is 6.79 Å². The van der Waals surface area contributed by atoms with Crippen molar-refractivity contribution >= 4 is 12.1 Å². The lowest BCUT2D eigenvalue weighted by atomic mass is 10.2. The van der Waals surface area contributed by atoms with Gasteiger partial charge in [-0.05, 0) is 42.8 Å². The highest BCUT2D eigenvalue weighted by atomic mass is 16.7. The minimum Gasteiger partial charge on any atom is -0.481 e. The summed E-state index contributed by atoms with van der Waals surface area (Å²) < 4.78 is 16.0. The van der Waals surface area contributed by atoms with Crippen LogP contribution in [0.25, 0.3) is 0 Å². The zero-order valence-corrected chi connectivity index (χ0v) is 12.6. The van der Waals surface area contributed by atoms with Crippen LogP contribution in [0.4, 0.5) is 0 Å². The van der Waals surface area contributed by atoms with Gasteiger partial charge in [-0.25, -0.2) is 5.43 Å². The van der Waals surface area contributed by atoms with Crippen molar-refractivity contribution in [3.63, 3.8) is 0 Å². The van der Waals surface area contributed by atoms with Crippen LogP contribution in [-0.4, -0.2) is 25.0 Å². The first-order chi connectivity index (χ1) is 11.2. The molecule has 0 saturated heterocycles. The zero-order valence-electron chi connectivity index (χ0n) is 12.6. The highest BCUT2D eigenvalue weighted by Crippen LogP contribution is 2.31. The van der Waals surface area contributed by atoms with Crippen LogP contribution in [0.3, 0.4) is 0 Å². The number of fused-ring (bicyclic) bond motifs is 1. The smallest absolute Gasteiger partial charge is 0.280 e. The van der Waals surface area contributed by atoms with Crippen LogP contribution in [0.15, 0.2) is 53.6 Å². The van der Waals surface area contributed by atoms with Crippen molar-refractivity contribution in [2.45, 2.75) is 13.0 Å². The highest BCUT2D eigenvalue weighted by Gasteiger charge is 2.14. The molecule has 0 fully saturated rings. The van der Waals surface area contributed by atoms with Crippen LogP contribution >= 0.6 is 0 Å². The molecule has 1 aliphatic heterocycles. The normalized spacial score (nSPS) is 13.8. The molecular weight excluding hydrogens is 296 g/mol. The molecule has 0 spiro atoms. The van der Waals surface area contributed by atoms with Crippen LogP contribution in [0.5, 0.6) is 17.2 Å². The Bertz CT molecular complexity index is 716. The molecule has 0 bridgehead atoms. The minimum atomic E-state index is -0.647. The van der Waals surface area contributed by atoms with Crippen molar-refractivity contribution in [2.75, 3.05) is 6.79 Å². The summed E-state index contributed by atoms with van der Waals surface area (Å²) in [6.07, 6.45) is 0.890. The van der Waals surface area contributed by atoms with Gasteiger partial charge in [-0.2, -0.15) is 5.10 Å². The Hall–Kier alpha value is -3.02. The monoisotopic (exact) mass is 312 g/mol. The van der Waals surface area contributed by atoms with E-state index >= 15 is 0 Å². The largest absolute Gasteiger partial charge is 0.481 e. The summed E-state index contributed by atoms with van der Waals surface area (Å²) in [6.45, 7) is 1.89. The first kappa shape index (κ1) is 14.9. The van der Waals surface area contributed by atoms with E-state index in [1.165, 1.54) is 6.21 Å². The molecule has 23 heavy (non-hydrogen) atoms. The lowest BCUT2D eigenvalue weighted by Crippen LogP contribution is -2.33. The minimum absolute atomic E-state index is 0.223. The van der Waals surface area contributed by atoms with Gasteiger partial charge in [0.25, 0.3) is 5.91 Å². The van der Waals surface area contributed by atoms with Gasteiger partial charge in [0.05, 0.1) is 6.21 Å². The van der Waals surface area contributed by atoms with E-state index in [-0.39, 0.29) is 12.7 Å². The molecule has 1 N–H and O–H groups in total. The number of nitrogens with one attached hydrogen (secondary N) is 1. The third-order valence-electron chi connectivity index (χ3n) is 3.21. The molecule has 6 nitrogen and oxygen atoms in total. The molecule has 2 aromatic rings. The fourth-order valence-corrected chi connectivity index (χ4v) is 2.01.